The molecule has 1 fully saturated rings. The monoisotopic (exact) mass is 578 g/mol. The number of hydrogen-bond acceptors (Lipinski definition) is 4. The first-order valence-electron chi connectivity index (χ1n) is 15.9. The predicted octanol–water partition coefficient (Wildman–Crippen LogP) is 10.1. The van der Waals surface area contributed by atoms with Crippen molar-refractivity contribution in [1.29, 1.82) is 0 Å². The number of anilines is 3. The lowest BCUT2D eigenvalue weighted by molar-refractivity contribution is 0.483. The summed E-state index contributed by atoms with van der Waals surface area (Å²) in [5.41, 5.74) is 7.26. The molecule has 3 heterocycles. The van der Waals surface area contributed by atoms with Gasteiger partial charge in [0.2, 0.25) is 0 Å². The van der Waals surface area contributed by atoms with E-state index in [0.717, 1.165) is 40.7 Å². The van der Waals surface area contributed by atoms with Gasteiger partial charge in [0.15, 0.2) is 0 Å². The molecular formula is C39H38N4O. The average Bonchev–Trinajstić information content (AvgIpc) is 3.77. The summed E-state index contributed by atoms with van der Waals surface area (Å²) in [4.78, 5) is 9.86. The molecule has 8 rings (SSSR count). The minimum atomic E-state index is 0.0275. The molecule has 0 atom stereocenters. The Bertz CT molecular complexity index is 2000. The van der Waals surface area contributed by atoms with Crippen LogP contribution in [0.2, 0.25) is 0 Å². The second kappa shape index (κ2) is 10.4. The normalized spacial score (nSPS) is 15.4. The van der Waals surface area contributed by atoms with Gasteiger partial charge in [0.05, 0.1) is 29.1 Å². The summed E-state index contributed by atoms with van der Waals surface area (Å²) >= 11 is 0. The smallest absolute Gasteiger partial charge is 0.137 e. The number of benzene rings is 4. The van der Waals surface area contributed by atoms with Gasteiger partial charge in [-0.3, -0.25) is 4.57 Å². The Hall–Kier alpha value is -4.77. The van der Waals surface area contributed by atoms with Crippen LogP contribution >= 0.6 is 0 Å². The summed E-state index contributed by atoms with van der Waals surface area (Å²) < 4.78 is 8.86. The van der Waals surface area contributed by atoms with E-state index >= 15 is 0 Å². The van der Waals surface area contributed by atoms with Crippen molar-refractivity contribution in [3.63, 3.8) is 0 Å². The lowest BCUT2D eigenvalue weighted by Crippen LogP contribution is -2.35. The molecule has 0 N–H and O–H groups in total. The van der Waals surface area contributed by atoms with E-state index in [4.69, 9.17) is 9.72 Å². The number of rotatable bonds is 5. The molecule has 5 nitrogen and oxygen atoms in total. The average molecular weight is 579 g/mol. The zero-order valence-corrected chi connectivity index (χ0v) is 25.7. The fourth-order valence-electron chi connectivity index (χ4n) is 7.11. The zero-order chi connectivity index (χ0) is 29.8. The van der Waals surface area contributed by atoms with Crippen LogP contribution in [-0.4, -0.2) is 22.3 Å². The van der Waals surface area contributed by atoms with Crippen LogP contribution < -0.4 is 14.5 Å². The van der Waals surface area contributed by atoms with E-state index in [0.29, 0.717) is 6.04 Å². The summed E-state index contributed by atoms with van der Waals surface area (Å²) in [5.74, 6) is 2.55. The first kappa shape index (κ1) is 26.8. The van der Waals surface area contributed by atoms with Crippen LogP contribution in [0.25, 0.3) is 27.6 Å². The fourth-order valence-corrected chi connectivity index (χ4v) is 7.11. The third-order valence-electron chi connectivity index (χ3n) is 9.39. The van der Waals surface area contributed by atoms with Gasteiger partial charge >= 0.3 is 0 Å². The molecule has 1 saturated carbocycles. The Balaban J connectivity index is 1.16. The maximum atomic E-state index is 6.59. The molecule has 0 spiro atoms. The maximum Gasteiger partial charge on any atom is 0.137 e. The minimum Gasteiger partial charge on any atom is -0.457 e. The molecule has 6 aromatic rings. The quantitative estimate of drug-likeness (QED) is 0.204. The number of nitrogens with zero attached hydrogens (tertiary/aromatic N) is 4. The number of hydrogen-bond donors (Lipinski definition) is 0. The zero-order valence-electron chi connectivity index (χ0n) is 25.7. The molecular weight excluding hydrogens is 540 g/mol. The molecule has 0 radical (unpaired) electrons. The van der Waals surface area contributed by atoms with Crippen molar-refractivity contribution < 1.29 is 4.74 Å². The van der Waals surface area contributed by atoms with Crippen LogP contribution in [0, 0.1) is 0 Å². The van der Waals surface area contributed by atoms with Gasteiger partial charge in [-0.2, -0.15) is 0 Å². The molecule has 4 aromatic carbocycles. The van der Waals surface area contributed by atoms with Crippen molar-refractivity contribution in [2.24, 2.45) is 0 Å². The fraction of sp³-hybridized carbons (Fsp3) is 0.256. The second-order valence-corrected chi connectivity index (χ2v) is 13.2. The molecule has 1 aliphatic heterocycles. The number of aromatic nitrogens is 2. The molecule has 2 aromatic heterocycles. The highest BCUT2D eigenvalue weighted by Crippen LogP contribution is 2.44. The highest BCUT2D eigenvalue weighted by molar-refractivity contribution is 6.09. The Kier molecular flexibility index (Phi) is 6.37. The van der Waals surface area contributed by atoms with Crippen LogP contribution in [0.3, 0.4) is 0 Å². The van der Waals surface area contributed by atoms with Crippen LogP contribution in [-0.2, 0) is 5.41 Å². The van der Waals surface area contributed by atoms with Crippen molar-refractivity contribution in [1.82, 2.24) is 9.55 Å². The van der Waals surface area contributed by atoms with Gasteiger partial charge < -0.3 is 14.5 Å². The standard InChI is InChI=1S/C39H38N4O/c1-39(2,3)27-21-22-40-38(23-27)43-34-16-7-6-15-32(34)33-20-19-31(25-37(33)43)44-30-14-10-13-29(24-30)42-26-41(28-11-4-5-12-28)35-17-8-9-18-36(35)42/h6-10,13-25,28H,4-5,11-12,26H2,1-3H3. The van der Waals surface area contributed by atoms with Gasteiger partial charge in [-0.15, -0.1) is 0 Å². The number of fused-ring (bicyclic) bond motifs is 4. The Morgan fingerprint density at radius 1 is 0.705 bits per heavy atom. The predicted molar refractivity (Wildman–Crippen MR) is 182 cm³/mol. The van der Waals surface area contributed by atoms with Gasteiger partial charge in [-0.1, -0.05) is 70.0 Å². The Labute approximate surface area is 259 Å². The van der Waals surface area contributed by atoms with E-state index in [9.17, 15) is 0 Å². The van der Waals surface area contributed by atoms with Crippen molar-refractivity contribution in [2.75, 3.05) is 16.5 Å². The Morgan fingerprint density at radius 2 is 1.45 bits per heavy atom. The number of pyridine rings is 1. The SMILES string of the molecule is CC(C)(C)c1ccnc(-n2c3ccccc3c3ccc(Oc4cccc(N5CN(C6CCCC6)c6ccccc65)c4)cc32)c1. The van der Waals surface area contributed by atoms with Gasteiger partial charge in [0, 0.05) is 40.8 Å². The second-order valence-electron chi connectivity index (χ2n) is 13.2. The largest absolute Gasteiger partial charge is 0.457 e. The van der Waals surface area contributed by atoms with Gasteiger partial charge in [0.25, 0.3) is 0 Å². The van der Waals surface area contributed by atoms with Gasteiger partial charge in [-0.25, -0.2) is 4.98 Å². The van der Waals surface area contributed by atoms with E-state index in [1.165, 1.54) is 53.4 Å². The Morgan fingerprint density at radius 3 is 2.30 bits per heavy atom. The lowest BCUT2D eigenvalue weighted by atomic mass is 9.88. The van der Waals surface area contributed by atoms with E-state index in [1.807, 2.05) is 12.3 Å². The van der Waals surface area contributed by atoms with E-state index in [2.05, 4.69) is 132 Å². The molecule has 2 aliphatic rings. The maximum absolute atomic E-state index is 6.59. The summed E-state index contributed by atoms with van der Waals surface area (Å²) in [7, 11) is 0. The molecule has 1 aliphatic carbocycles. The highest BCUT2D eigenvalue weighted by Gasteiger charge is 2.33. The van der Waals surface area contributed by atoms with E-state index in [-0.39, 0.29) is 5.41 Å². The van der Waals surface area contributed by atoms with Crippen molar-refractivity contribution in [3.05, 3.63) is 115 Å². The highest BCUT2D eigenvalue weighted by atomic mass is 16.5. The molecule has 0 bridgehead atoms. The van der Waals surface area contributed by atoms with E-state index in [1.54, 1.807) is 0 Å². The van der Waals surface area contributed by atoms with Crippen molar-refractivity contribution in [2.45, 2.75) is 57.9 Å². The van der Waals surface area contributed by atoms with Gasteiger partial charge in [-0.05, 0) is 78.4 Å². The van der Waals surface area contributed by atoms with Crippen LogP contribution in [0.4, 0.5) is 17.1 Å². The summed E-state index contributed by atoms with van der Waals surface area (Å²) in [6.45, 7) is 7.60. The molecule has 0 unspecified atom stereocenters. The third kappa shape index (κ3) is 4.59. The third-order valence-corrected chi connectivity index (χ3v) is 9.39. The van der Waals surface area contributed by atoms with Gasteiger partial charge in [0.1, 0.15) is 17.3 Å². The first-order chi connectivity index (χ1) is 21.4. The first-order valence-corrected chi connectivity index (χ1v) is 15.9. The number of ether oxygens (including phenoxy) is 1. The van der Waals surface area contributed by atoms with Crippen molar-refractivity contribution in [3.8, 4) is 17.3 Å². The van der Waals surface area contributed by atoms with Crippen LogP contribution in [0.1, 0.15) is 52.0 Å². The number of para-hydroxylation sites is 3. The molecule has 0 saturated heterocycles. The molecule has 5 heteroatoms. The lowest BCUT2D eigenvalue weighted by Gasteiger charge is -2.27. The molecule has 220 valence electrons. The van der Waals surface area contributed by atoms with Crippen LogP contribution in [0.5, 0.6) is 11.5 Å². The van der Waals surface area contributed by atoms with Crippen LogP contribution in [0.15, 0.2) is 109 Å². The summed E-state index contributed by atoms with van der Waals surface area (Å²) in [6, 6.07) is 37.3. The van der Waals surface area contributed by atoms with Crippen molar-refractivity contribution >= 4 is 38.9 Å². The summed E-state index contributed by atoms with van der Waals surface area (Å²) in [5, 5.41) is 2.39. The summed E-state index contributed by atoms with van der Waals surface area (Å²) in [6.07, 6.45) is 7.13. The van der Waals surface area contributed by atoms with E-state index < -0.39 is 0 Å². The molecule has 0 amide bonds. The topological polar surface area (TPSA) is 33.5 Å². The minimum absolute atomic E-state index is 0.0275. The molecule has 44 heavy (non-hydrogen) atoms.